The molecule has 0 aliphatic carbocycles. The largest absolute Gasteiger partial charge is 0.380 e. The molecule has 0 N–H and O–H groups in total. The third-order valence-electron chi connectivity index (χ3n) is 5.23. The van der Waals surface area contributed by atoms with Gasteiger partial charge in [-0.15, -0.1) is 24.8 Å². The van der Waals surface area contributed by atoms with Crippen LogP contribution >= 0.6 is 24.8 Å². The maximum absolute atomic E-state index is 5.52. The molecule has 1 aromatic carbocycles. The Morgan fingerprint density at radius 3 is 2.57 bits per heavy atom. The van der Waals surface area contributed by atoms with Crippen LogP contribution in [0.3, 0.4) is 0 Å². The molecule has 2 saturated heterocycles. The molecule has 5 heteroatoms. The van der Waals surface area contributed by atoms with Crippen LogP contribution in [0.4, 0.5) is 0 Å². The first kappa shape index (κ1) is 20.7. The van der Waals surface area contributed by atoms with Crippen molar-refractivity contribution in [2.45, 2.75) is 19.9 Å². The highest BCUT2D eigenvalue weighted by atomic mass is 35.5. The van der Waals surface area contributed by atoms with Crippen LogP contribution in [0.5, 0.6) is 0 Å². The van der Waals surface area contributed by atoms with Crippen molar-refractivity contribution in [1.82, 2.24) is 9.80 Å². The molecule has 23 heavy (non-hydrogen) atoms. The maximum Gasteiger partial charge on any atom is 0.0593 e. The van der Waals surface area contributed by atoms with E-state index in [1.165, 1.54) is 30.8 Å². The number of hydrogen-bond acceptors (Lipinski definition) is 3. The van der Waals surface area contributed by atoms with Gasteiger partial charge in [-0.1, -0.05) is 24.3 Å². The van der Waals surface area contributed by atoms with E-state index in [2.05, 4.69) is 55.0 Å². The molecule has 2 fully saturated rings. The van der Waals surface area contributed by atoms with Crippen molar-refractivity contribution in [1.29, 1.82) is 0 Å². The van der Waals surface area contributed by atoms with Gasteiger partial charge in [0.25, 0.3) is 0 Å². The summed E-state index contributed by atoms with van der Waals surface area (Å²) >= 11 is 0. The summed E-state index contributed by atoms with van der Waals surface area (Å²) in [6.07, 6.45) is 0. The summed E-state index contributed by atoms with van der Waals surface area (Å²) in [6.45, 7) is 10.8. The molecule has 132 valence electrons. The molecule has 2 heterocycles. The van der Waals surface area contributed by atoms with Gasteiger partial charge in [0, 0.05) is 38.8 Å². The Hall–Kier alpha value is -0.320. The number of hydrogen-bond donors (Lipinski definition) is 0. The van der Waals surface area contributed by atoms with Crippen LogP contribution in [0.2, 0.25) is 0 Å². The zero-order valence-electron chi connectivity index (χ0n) is 14.4. The summed E-state index contributed by atoms with van der Waals surface area (Å²) in [6, 6.07) is 9.49. The van der Waals surface area contributed by atoms with E-state index >= 15 is 0 Å². The number of rotatable bonds is 5. The lowest BCUT2D eigenvalue weighted by Gasteiger charge is -2.28. The number of likely N-dealkylation sites (tertiary alicyclic amines) is 2. The topological polar surface area (TPSA) is 15.7 Å². The van der Waals surface area contributed by atoms with Gasteiger partial charge in [-0.3, -0.25) is 4.90 Å². The smallest absolute Gasteiger partial charge is 0.0593 e. The predicted octanol–water partition coefficient (Wildman–Crippen LogP) is 3.41. The van der Waals surface area contributed by atoms with Crippen molar-refractivity contribution < 1.29 is 4.74 Å². The summed E-state index contributed by atoms with van der Waals surface area (Å²) in [7, 11) is 2.29. The second-order valence-electron chi connectivity index (χ2n) is 6.62. The summed E-state index contributed by atoms with van der Waals surface area (Å²) in [5.74, 6) is 1.60. The minimum Gasteiger partial charge on any atom is -0.380 e. The van der Waals surface area contributed by atoms with Crippen molar-refractivity contribution in [2.24, 2.45) is 11.8 Å². The highest BCUT2D eigenvalue weighted by Crippen LogP contribution is 2.44. The van der Waals surface area contributed by atoms with Crippen molar-refractivity contribution in [3.63, 3.8) is 0 Å². The summed E-state index contributed by atoms with van der Waals surface area (Å²) < 4.78 is 5.52. The second kappa shape index (κ2) is 9.24. The summed E-state index contributed by atoms with van der Waals surface area (Å²) in [4.78, 5) is 5.17. The van der Waals surface area contributed by atoms with Crippen LogP contribution in [0.25, 0.3) is 0 Å². The fraction of sp³-hybridized carbons (Fsp3) is 0.667. The zero-order valence-corrected chi connectivity index (χ0v) is 16.0. The van der Waals surface area contributed by atoms with Gasteiger partial charge in [-0.25, -0.2) is 0 Å². The fourth-order valence-electron chi connectivity index (χ4n) is 4.26. The Balaban J connectivity index is 0.00000132. The van der Waals surface area contributed by atoms with E-state index in [1.54, 1.807) is 0 Å². The standard InChI is InChI=1S/C18H28N2O.2ClH/c1-4-21-10-9-20-12-15-11-19(3)18(17(15)13-20)16-8-6-5-7-14(16)2;;/h5-8,15,17-18H,4,9-13H2,1-3H3;2*1H/t15-,17+,18-;;/m0../s1. The van der Waals surface area contributed by atoms with Gasteiger partial charge in [0.05, 0.1) is 6.61 Å². The SMILES string of the molecule is CCOCCN1C[C@@H]2CN(C)[C@@H](c3ccccc3C)[C@@H]2C1.Cl.Cl. The quantitative estimate of drug-likeness (QED) is 0.748. The van der Waals surface area contributed by atoms with Crippen molar-refractivity contribution in [3.05, 3.63) is 35.4 Å². The fourth-order valence-corrected chi connectivity index (χ4v) is 4.26. The van der Waals surface area contributed by atoms with Crippen LogP contribution < -0.4 is 0 Å². The van der Waals surface area contributed by atoms with Crippen LogP contribution in [0.1, 0.15) is 24.1 Å². The summed E-state index contributed by atoms with van der Waals surface area (Å²) in [5.41, 5.74) is 2.96. The average Bonchev–Trinajstić information content (AvgIpc) is 2.96. The molecule has 3 rings (SSSR count). The lowest BCUT2D eigenvalue weighted by molar-refractivity contribution is 0.115. The minimum absolute atomic E-state index is 0. The Morgan fingerprint density at radius 1 is 1.13 bits per heavy atom. The van der Waals surface area contributed by atoms with Crippen LogP contribution in [0, 0.1) is 18.8 Å². The molecule has 3 nitrogen and oxygen atoms in total. The first-order valence-electron chi connectivity index (χ1n) is 8.26. The van der Waals surface area contributed by atoms with Gasteiger partial charge in [0.1, 0.15) is 0 Å². The molecule has 0 unspecified atom stereocenters. The molecule has 3 atom stereocenters. The lowest BCUT2D eigenvalue weighted by atomic mass is 9.88. The van der Waals surface area contributed by atoms with Crippen molar-refractivity contribution >= 4 is 24.8 Å². The van der Waals surface area contributed by atoms with Crippen LogP contribution in [-0.4, -0.2) is 56.2 Å². The lowest BCUT2D eigenvalue weighted by Crippen LogP contribution is -2.31. The third kappa shape index (κ3) is 4.40. The number of aryl methyl sites for hydroxylation is 1. The first-order chi connectivity index (χ1) is 10.2. The van der Waals surface area contributed by atoms with E-state index in [0.717, 1.165) is 31.6 Å². The number of ether oxygens (including phenoxy) is 1. The van der Waals surface area contributed by atoms with E-state index in [9.17, 15) is 0 Å². The van der Waals surface area contributed by atoms with Gasteiger partial charge in [-0.2, -0.15) is 0 Å². The van der Waals surface area contributed by atoms with Crippen LogP contribution in [0.15, 0.2) is 24.3 Å². The number of benzene rings is 1. The Labute approximate surface area is 153 Å². The number of fused-ring (bicyclic) bond motifs is 1. The Morgan fingerprint density at radius 2 is 1.87 bits per heavy atom. The molecule has 0 amide bonds. The monoisotopic (exact) mass is 360 g/mol. The van der Waals surface area contributed by atoms with Crippen molar-refractivity contribution in [3.8, 4) is 0 Å². The van der Waals surface area contributed by atoms with Gasteiger partial charge in [0.2, 0.25) is 0 Å². The first-order valence-corrected chi connectivity index (χ1v) is 8.26. The molecule has 2 aliphatic heterocycles. The highest BCUT2D eigenvalue weighted by molar-refractivity contribution is 5.85. The highest BCUT2D eigenvalue weighted by Gasteiger charge is 2.46. The number of halogens is 2. The molecule has 0 spiro atoms. The molecular formula is C18H30Cl2N2O. The molecule has 0 bridgehead atoms. The molecule has 2 aliphatic rings. The van der Waals surface area contributed by atoms with E-state index in [4.69, 9.17) is 4.74 Å². The average molecular weight is 361 g/mol. The van der Waals surface area contributed by atoms with Gasteiger partial charge < -0.3 is 9.64 Å². The van der Waals surface area contributed by atoms with Gasteiger partial charge in [-0.05, 0) is 43.9 Å². The van der Waals surface area contributed by atoms with Gasteiger partial charge >= 0.3 is 0 Å². The maximum atomic E-state index is 5.52. The number of nitrogens with zero attached hydrogens (tertiary/aromatic N) is 2. The summed E-state index contributed by atoms with van der Waals surface area (Å²) in [5, 5.41) is 0. The van der Waals surface area contributed by atoms with E-state index in [-0.39, 0.29) is 24.8 Å². The zero-order chi connectivity index (χ0) is 14.8. The van der Waals surface area contributed by atoms with Crippen LogP contribution in [-0.2, 0) is 4.74 Å². The molecule has 0 aromatic heterocycles. The van der Waals surface area contributed by atoms with E-state index in [1.807, 2.05) is 0 Å². The molecule has 0 saturated carbocycles. The predicted molar refractivity (Wildman–Crippen MR) is 101 cm³/mol. The second-order valence-corrected chi connectivity index (χ2v) is 6.62. The Bertz CT molecular complexity index is 486. The van der Waals surface area contributed by atoms with E-state index in [0.29, 0.717) is 6.04 Å². The molecule has 1 aromatic rings. The Kier molecular flexibility index (Phi) is 8.32. The van der Waals surface area contributed by atoms with E-state index < -0.39 is 0 Å². The molecular weight excluding hydrogens is 331 g/mol. The molecule has 0 radical (unpaired) electrons. The minimum atomic E-state index is 0. The normalized spacial score (nSPS) is 27.3. The van der Waals surface area contributed by atoms with Gasteiger partial charge in [0.15, 0.2) is 0 Å². The third-order valence-corrected chi connectivity index (χ3v) is 5.23. The van der Waals surface area contributed by atoms with Crippen molar-refractivity contribution in [2.75, 3.05) is 46.4 Å².